The molecule has 2 aliphatic rings. The predicted octanol–water partition coefficient (Wildman–Crippen LogP) is 1.66. The Morgan fingerprint density at radius 1 is 1.08 bits per heavy atom. The molecule has 0 atom stereocenters. The van der Waals surface area contributed by atoms with E-state index >= 15 is 0 Å². The zero-order valence-electron chi connectivity index (χ0n) is 13.7. The van der Waals surface area contributed by atoms with Gasteiger partial charge in [0.2, 0.25) is 11.9 Å². The molecule has 0 radical (unpaired) electrons. The van der Waals surface area contributed by atoms with Gasteiger partial charge in [0.15, 0.2) is 0 Å². The summed E-state index contributed by atoms with van der Waals surface area (Å²) in [5.41, 5.74) is 10.2. The van der Waals surface area contributed by atoms with E-state index in [0.717, 1.165) is 55.3 Å². The number of rotatable bonds is 2. The maximum Gasteiger partial charge on any atom is 0.260 e. The fraction of sp³-hybridized carbons (Fsp3) is 0.333. The van der Waals surface area contributed by atoms with E-state index in [0.29, 0.717) is 10.9 Å². The predicted molar refractivity (Wildman–Crippen MR) is 96.7 cm³/mol. The number of benzene rings is 1. The number of aromatic amines is 1. The monoisotopic (exact) mass is 334 g/mol. The molecule has 7 nitrogen and oxygen atoms in total. The number of anilines is 2. The number of H-pyrrole nitrogens is 1. The molecule has 126 valence electrons. The number of fused-ring (bicyclic) bond motifs is 2. The highest BCUT2D eigenvalue weighted by Crippen LogP contribution is 2.33. The van der Waals surface area contributed by atoms with Crippen LogP contribution in [0.5, 0.6) is 0 Å². The number of hydrogen-bond donors (Lipinski definition) is 2. The molecule has 3 heterocycles. The van der Waals surface area contributed by atoms with Crippen molar-refractivity contribution in [1.82, 2.24) is 19.9 Å². The van der Waals surface area contributed by atoms with E-state index in [1.54, 1.807) is 0 Å². The molecule has 1 aromatic carbocycles. The van der Waals surface area contributed by atoms with Crippen molar-refractivity contribution in [3.8, 4) is 11.3 Å². The fourth-order valence-corrected chi connectivity index (χ4v) is 3.62. The molecule has 1 fully saturated rings. The first-order valence-corrected chi connectivity index (χ1v) is 8.64. The SMILES string of the molecule is Nc1nc2ccc(-c3nc(N4CCC4)nc4c3CCC4)cc2c(=O)[nH]1. The molecule has 0 unspecified atom stereocenters. The van der Waals surface area contributed by atoms with Gasteiger partial charge in [-0.2, -0.15) is 0 Å². The number of nitrogens with zero attached hydrogens (tertiary/aromatic N) is 4. The van der Waals surface area contributed by atoms with Gasteiger partial charge in [-0.05, 0) is 37.8 Å². The van der Waals surface area contributed by atoms with E-state index in [1.807, 2.05) is 18.2 Å². The average molecular weight is 334 g/mol. The van der Waals surface area contributed by atoms with E-state index in [1.165, 1.54) is 12.0 Å². The third-order valence-corrected chi connectivity index (χ3v) is 5.06. The highest BCUT2D eigenvalue weighted by Gasteiger charge is 2.24. The van der Waals surface area contributed by atoms with Crippen LogP contribution in [0.4, 0.5) is 11.9 Å². The zero-order chi connectivity index (χ0) is 17.0. The summed E-state index contributed by atoms with van der Waals surface area (Å²) >= 11 is 0. The summed E-state index contributed by atoms with van der Waals surface area (Å²) in [6, 6.07) is 5.67. The van der Waals surface area contributed by atoms with Gasteiger partial charge in [-0.25, -0.2) is 15.0 Å². The van der Waals surface area contributed by atoms with Gasteiger partial charge in [0.05, 0.1) is 16.6 Å². The Morgan fingerprint density at radius 3 is 2.76 bits per heavy atom. The van der Waals surface area contributed by atoms with Crippen LogP contribution in [-0.4, -0.2) is 33.0 Å². The molecular weight excluding hydrogens is 316 g/mol. The Kier molecular flexibility index (Phi) is 3.03. The van der Waals surface area contributed by atoms with Crippen LogP contribution in [0.25, 0.3) is 22.2 Å². The van der Waals surface area contributed by atoms with Gasteiger partial charge in [0.25, 0.3) is 5.56 Å². The Hall–Kier alpha value is -2.96. The molecule has 1 saturated heterocycles. The van der Waals surface area contributed by atoms with E-state index in [-0.39, 0.29) is 11.5 Å². The topological polar surface area (TPSA) is 101 Å². The average Bonchev–Trinajstić information content (AvgIpc) is 3.00. The summed E-state index contributed by atoms with van der Waals surface area (Å²) in [5.74, 6) is 0.944. The maximum absolute atomic E-state index is 12.2. The quantitative estimate of drug-likeness (QED) is 0.739. The summed E-state index contributed by atoms with van der Waals surface area (Å²) in [7, 11) is 0. The summed E-state index contributed by atoms with van der Waals surface area (Å²) in [6.45, 7) is 2.03. The Morgan fingerprint density at radius 2 is 1.96 bits per heavy atom. The van der Waals surface area contributed by atoms with Crippen molar-refractivity contribution in [2.24, 2.45) is 0 Å². The van der Waals surface area contributed by atoms with Gasteiger partial charge < -0.3 is 10.6 Å². The molecule has 7 heteroatoms. The van der Waals surface area contributed by atoms with Crippen LogP contribution in [0.3, 0.4) is 0 Å². The first-order chi connectivity index (χ1) is 12.2. The van der Waals surface area contributed by atoms with Crippen molar-refractivity contribution in [1.29, 1.82) is 0 Å². The van der Waals surface area contributed by atoms with Crippen molar-refractivity contribution < 1.29 is 0 Å². The number of hydrogen-bond acceptors (Lipinski definition) is 6. The third-order valence-electron chi connectivity index (χ3n) is 5.06. The second kappa shape index (κ2) is 5.27. The van der Waals surface area contributed by atoms with E-state index in [4.69, 9.17) is 15.7 Å². The van der Waals surface area contributed by atoms with Crippen LogP contribution in [0.2, 0.25) is 0 Å². The van der Waals surface area contributed by atoms with Crippen molar-refractivity contribution in [3.05, 3.63) is 39.8 Å². The molecule has 0 amide bonds. The highest BCUT2D eigenvalue weighted by atomic mass is 16.1. The van der Waals surface area contributed by atoms with Gasteiger partial charge in [-0.1, -0.05) is 6.07 Å². The van der Waals surface area contributed by atoms with Gasteiger partial charge in [-0.3, -0.25) is 9.78 Å². The minimum Gasteiger partial charge on any atom is -0.369 e. The lowest BCUT2D eigenvalue weighted by atomic mass is 10.0. The van der Waals surface area contributed by atoms with Crippen LogP contribution < -0.4 is 16.2 Å². The summed E-state index contributed by atoms with van der Waals surface area (Å²) in [6.07, 6.45) is 4.28. The molecule has 3 N–H and O–H groups in total. The van der Waals surface area contributed by atoms with Crippen LogP contribution in [0.15, 0.2) is 23.0 Å². The first kappa shape index (κ1) is 14.4. The molecule has 0 spiro atoms. The zero-order valence-corrected chi connectivity index (χ0v) is 13.7. The third kappa shape index (κ3) is 2.26. The number of aromatic nitrogens is 4. The number of nitrogens with one attached hydrogen (secondary N) is 1. The van der Waals surface area contributed by atoms with Crippen LogP contribution in [-0.2, 0) is 12.8 Å². The lowest BCUT2D eigenvalue weighted by molar-refractivity contribution is 0.599. The summed E-state index contributed by atoms with van der Waals surface area (Å²) < 4.78 is 0. The maximum atomic E-state index is 12.2. The van der Waals surface area contributed by atoms with Gasteiger partial charge >= 0.3 is 0 Å². The van der Waals surface area contributed by atoms with E-state index in [2.05, 4.69) is 14.9 Å². The smallest absolute Gasteiger partial charge is 0.260 e. The van der Waals surface area contributed by atoms with Crippen molar-refractivity contribution in [3.63, 3.8) is 0 Å². The van der Waals surface area contributed by atoms with E-state index in [9.17, 15) is 4.79 Å². The van der Waals surface area contributed by atoms with Gasteiger partial charge in [0.1, 0.15) is 0 Å². The Labute approximate surface area is 143 Å². The second-order valence-corrected chi connectivity index (χ2v) is 6.67. The summed E-state index contributed by atoms with van der Waals surface area (Å²) in [5, 5.41) is 0.530. The van der Waals surface area contributed by atoms with Crippen molar-refractivity contribution >= 4 is 22.8 Å². The van der Waals surface area contributed by atoms with Crippen molar-refractivity contribution in [2.45, 2.75) is 25.7 Å². The van der Waals surface area contributed by atoms with Crippen LogP contribution in [0.1, 0.15) is 24.1 Å². The highest BCUT2D eigenvalue weighted by molar-refractivity contribution is 5.84. The fourth-order valence-electron chi connectivity index (χ4n) is 3.62. The van der Waals surface area contributed by atoms with Crippen molar-refractivity contribution in [2.75, 3.05) is 23.7 Å². The number of aryl methyl sites for hydroxylation is 1. The van der Waals surface area contributed by atoms with Crippen LogP contribution in [0, 0.1) is 0 Å². The molecule has 3 aromatic rings. The lowest BCUT2D eigenvalue weighted by Crippen LogP contribution is -2.38. The minimum atomic E-state index is -0.224. The molecule has 0 saturated carbocycles. The van der Waals surface area contributed by atoms with Gasteiger partial charge in [0, 0.05) is 29.9 Å². The largest absolute Gasteiger partial charge is 0.369 e. The second-order valence-electron chi connectivity index (χ2n) is 6.67. The Bertz CT molecular complexity index is 1050. The Balaban J connectivity index is 1.71. The molecule has 5 rings (SSSR count). The molecule has 25 heavy (non-hydrogen) atoms. The number of nitrogen functional groups attached to an aromatic ring is 1. The van der Waals surface area contributed by atoms with Gasteiger partial charge in [-0.15, -0.1) is 0 Å². The molecular formula is C18H18N6O. The molecule has 1 aliphatic heterocycles. The number of nitrogens with two attached hydrogens (primary N) is 1. The minimum absolute atomic E-state index is 0.133. The molecule has 0 bridgehead atoms. The summed E-state index contributed by atoms with van der Waals surface area (Å²) in [4.78, 5) is 30.8. The van der Waals surface area contributed by atoms with Crippen LogP contribution >= 0.6 is 0 Å². The van der Waals surface area contributed by atoms with E-state index < -0.39 is 0 Å². The lowest BCUT2D eigenvalue weighted by Gasteiger charge is -2.31. The standard InChI is InChI=1S/C18H18N6O/c19-17-20-14-6-5-10(9-12(14)16(25)23-17)15-11-3-1-4-13(11)21-18(22-15)24-7-2-8-24/h5-6,9H,1-4,7-8H2,(H3,19,20,23,25). The first-order valence-electron chi connectivity index (χ1n) is 8.64. The molecule has 1 aliphatic carbocycles. The normalized spacial score (nSPS) is 16.1. The molecule has 2 aromatic heterocycles.